The van der Waals surface area contributed by atoms with Crippen molar-refractivity contribution in [2.24, 2.45) is 0 Å². The third-order valence-corrected chi connectivity index (χ3v) is 6.31. The maximum absolute atomic E-state index is 13.4. The van der Waals surface area contributed by atoms with E-state index in [-0.39, 0.29) is 18.8 Å². The van der Waals surface area contributed by atoms with E-state index in [2.05, 4.69) is 15.6 Å². The number of esters is 1. The number of carbonyl (C=O) groups excluding carboxylic acids is 2. The fourth-order valence-electron chi connectivity index (χ4n) is 3.68. The third-order valence-electron chi connectivity index (χ3n) is 5.63. The standard InChI is InChI=1S/C26H23F3N4O3S/c1-3-36-25(35)19-8-6-18(7-9-19)16(2)30-24(34)23-22(20-12-13-37-15-20)31-32-33(23)14-17-4-10-21(11-5-17)26(27,28)29/h4-13,15-16H,3,14H2,1-2H3,(H,30,34)/t16-/m0/s1. The SMILES string of the molecule is CCOC(=O)c1ccc([C@H](C)NC(=O)c2c(-c3ccsc3)nnn2Cc2ccc(C(F)(F)F)cc2)cc1. The van der Waals surface area contributed by atoms with Gasteiger partial charge < -0.3 is 10.1 Å². The molecular weight excluding hydrogens is 505 g/mol. The molecule has 37 heavy (non-hydrogen) atoms. The van der Waals surface area contributed by atoms with Crippen LogP contribution in [-0.4, -0.2) is 33.5 Å². The molecule has 0 bridgehead atoms. The predicted molar refractivity (Wildman–Crippen MR) is 132 cm³/mol. The van der Waals surface area contributed by atoms with Crippen LogP contribution in [0, 0.1) is 0 Å². The van der Waals surface area contributed by atoms with E-state index in [1.165, 1.54) is 28.2 Å². The lowest BCUT2D eigenvalue weighted by Gasteiger charge is -2.16. The zero-order chi connectivity index (χ0) is 26.6. The van der Waals surface area contributed by atoms with E-state index >= 15 is 0 Å². The maximum Gasteiger partial charge on any atom is 0.416 e. The monoisotopic (exact) mass is 528 g/mol. The number of hydrogen-bond donors (Lipinski definition) is 1. The molecule has 11 heteroatoms. The number of aromatic nitrogens is 3. The molecule has 1 amide bonds. The summed E-state index contributed by atoms with van der Waals surface area (Å²) in [7, 11) is 0. The van der Waals surface area contributed by atoms with Crippen LogP contribution in [0.2, 0.25) is 0 Å². The van der Waals surface area contributed by atoms with E-state index in [0.29, 0.717) is 22.4 Å². The molecule has 0 aliphatic carbocycles. The van der Waals surface area contributed by atoms with Gasteiger partial charge in [0.1, 0.15) is 5.69 Å². The molecule has 1 N–H and O–H groups in total. The molecular formula is C26H23F3N4O3S. The molecule has 2 aromatic carbocycles. The summed E-state index contributed by atoms with van der Waals surface area (Å²) >= 11 is 1.44. The van der Waals surface area contributed by atoms with Crippen molar-refractivity contribution in [3.8, 4) is 11.3 Å². The van der Waals surface area contributed by atoms with E-state index in [0.717, 1.165) is 17.7 Å². The molecule has 7 nitrogen and oxygen atoms in total. The number of hydrogen-bond acceptors (Lipinski definition) is 6. The van der Waals surface area contributed by atoms with E-state index in [4.69, 9.17) is 4.74 Å². The summed E-state index contributed by atoms with van der Waals surface area (Å²) < 4.78 is 45.2. The second-order valence-corrected chi connectivity index (χ2v) is 8.97. The van der Waals surface area contributed by atoms with Crippen molar-refractivity contribution in [3.63, 3.8) is 0 Å². The first kappa shape index (κ1) is 26.1. The second-order valence-electron chi connectivity index (χ2n) is 8.19. The quantitative estimate of drug-likeness (QED) is 0.295. The van der Waals surface area contributed by atoms with Crippen LogP contribution in [0.25, 0.3) is 11.3 Å². The Bertz CT molecular complexity index is 1370. The lowest BCUT2D eigenvalue weighted by Crippen LogP contribution is -2.29. The summed E-state index contributed by atoms with van der Waals surface area (Å²) in [5.74, 6) is -0.871. The lowest BCUT2D eigenvalue weighted by atomic mass is 10.1. The minimum Gasteiger partial charge on any atom is -0.462 e. The van der Waals surface area contributed by atoms with E-state index in [9.17, 15) is 22.8 Å². The van der Waals surface area contributed by atoms with Crippen LogP contribution < -0.4 is 5.32 Å². The van der Waals surface area contributed by atoms with E-state index in [1.54, 1.807) is 38.1 Å². The van der Waals surface area contributed by atoms with Crippen LogP contribution in [0.4, 0.5) is 13.2 Å². The summed E-state index contributed by atoms with van der Waals surface area (Å²) in [4.78, 5) is 25.3. The van der Waals surface area contributed by atoms with Crippen molar-refractivity contribution in [2.75, 3.05) is 6.61 Å². The van der Waals surface area contributed by atoms with Gasteiger partial charge in [-0.25, -0.2) is 9.48 Å². The number of carbonyl (C=O) groups is 2. The molecule has 192 valence electrons. The van der Waals surface area contributed by atoms with Crippen molar-refractivity contribution in [1.29, 1.82) is 0 Å². The zero-order valence-corrected chi connectivity index (χ0v) is 20.8. The minimum atomic E-state index is -4.44. The van der Waals surface area contributed by atoms with Crippen molar-refractivity contribution in [3.05, 3.63) is 93.3 Å². The number of nitrogens with one attached hydrogen (secondary N) is 1. The highest BCUT2D eigenvalue weighted by Crippen LogP contribution is 2.30. The molecule has 4 aromatic rings. The Hall–Kier alpha value is -3.99. The Morgan fingerprint density at radius 1 is 1.08 bits per heavy atom. The Balaban J connectivity index is 1.58. The van der Waals surface area contributed by atoms with Crippen LogP contribution >= 0.6 is 11.3 Å². The lowest BCUT2D eigenvalue weighted by molar-refractivity contribution is -0.137. The molecule has 0 saturated carbocycles. The normalized spacial score (nSPS) is 12.2. The molecule has 0 saturated heterocycles. The van der Waals surface area contributed by atoms with Gasteiger partial charge in [0.15, 0.2) is 5.69 Å². The summed E-state index contributed by atoms with van der Waals surface area (Å²) in [6.45, 7) is 3.85. The van der Waals surface area contributed by atoms with E-state index < -0.39 is 29.7 Å². The topological polar surface area (TPSA) is 86.1 Å². The Morgan fingerprint density at radius 2 is 1.78 bits per heavy atom. The Kier molecular flexibility index (Phi) is 7.72. The van der Waals surface area contributed by atoms with Crippen LogP contribution in [-0.2, 0) is 17.5 Å². The average Bonchev–Trinajstić information content (AvgIpc) is 3.54. The maximum atomic E-state index is 13.4. The predicted octanol–water partition coefficient (Wildman–Crippen LogP) is 5.74. The molecule has 0 aliphatic heterocycles. The largest absolute Gasteiger partial charge is 0.462 e. The molecule has 2 heterocycles. The number of nitrogens with zero attached hydrogens (tertiary/aromatic N) is 3. The molecule has 1 atom stereocenters. The van der Waals surface area contributed by atoms with Crippen molar-refractivity contribution in [2.45, 2.75) is 32.6 Å². The van der Waals surface area contributed by atoms with Crippen molar-refractivity contribution >= 4 is 23.2 Å². The number of halogens is 3. The average molecular weight is 529 g/mol. The summed E-state index contributed by atoms with van der Waals surface area (Å²) in [6.07, 6.45) is -4.44. The van der Waals surface area contributed by atoms with Gasteiger partial charge in [-0.3, -0.25) is 4.79 Å². The highest BCUT2D eigenvalue weighted by atomic mass is 32.1. The van der Waals surface area contributed by atoms with Gasteiger partial charge in [-0.15, -0.1) is 5.10 Å². The van der Waals surface area contributed by atoms with Gasteiger partial charge in [-0.05, 0) is 60.7 Å². The molecule has 0 radical (unpaired) electrons. The molecule has 0 aliphatic rings. The summed E-state index contributed by atoms with van der Waals surface area (Å²) in [5, 5.41) is 14.9. The van der Waals surface area contributed by atoms with Crippen LogP contribution in [0.5, 0.6) is 0 Å². The number of benzene rings is 2. The van der Waals surface area contributed by atoms with Crippen LogP contribution in [0.1, 0.15) is 57.4 Å². The van der Waals surface area contributed by atoms with Crippen molar-refractivity contribution < 1.29 is 27.5 Å². The van der Waals surface area contributed by atoms with Crippen LogP contribution in [0.15, 0.2) is 65.4 Å². The highest BCUT2D eigenvalue weighted by molar-refractivity contribution is 7.08. The number of alkyl halides is 3. The van der Waals surface area contributed by atoms with Gasteiger partial charge in [0.2, 0.25) is 0 Å². The number of amides is 1. The number of rotatable bonds is 8. The first-order chi connectivity index (χ1) is 17.7. The minimum absolute atomic E-state index is 0.0562. The molecule has 0 spiro atoms. The van der Waals surface area contributed by atoms with Gasteiger partial charge in [-0.2, -0.15) is 24.5 Å². The van der Waals surface area contributed by atoms with Gasteiger partial charge in [-0.1, -0.05) is 29.5 Å². The Morgan fingerprint density at radius 3 is 2.38 bits per heavy atom. The summed E-state index contributed by atoms with van der Waals surface area (Å²) in [5.41, 5.74) is 2.22. The first-order valence-electron chi connectivity index (χ1n) is 11.4. The molecule has 4 rings (SSSR count). The molecule has 0 fully saturated rings. The molecule has 2 aromatic heterocycles. The van der Waals surface area contributed by atoms with Gasteiger partial charge in [0.25, 0.3) is 5.91 Å². The third kappa shape index (κ3) is 6.05. The number of thiophene rings is 1. The zero-order valence-electron chi connectivity index (χ0n) is 20.0. The fourth-order valence-corrected chi connectivity index (χ4v) is 4.33. The van der Waals surface area contributed by atoms with Crippen LogP contribution in [0.3, 0.4) is 0 Å². The smallest absolute Gasteiger partial charge is 0.416 e. The molecule has 0 unspecified atom stereocenters. The van der Waals surface area contributed by atoms with Gasteiger partial charge in [0, 0.05) is 10.9 Å². The fraction of sp³-hybridized carbons (Fsp3) is 0.231. The van der Waals surface area contributed by atoms with Crippen molar-refractivity contribution in [1.82, 2.24) is 20.3 Å². The van der Waals surface area contributed by atoms with Gasteiger partial charge >= 0.3 is 12.1 Å². The highest BCUT2D eigenvalue weighted by Gasteiger charge is 2.30. The van der Waals surface area contributed by atoms with E-state index in [1.807, 2.05) is 16.8 Å². The summed E-state index contributed by atoms with van der Waals surface area (Å²) in [6, 6.07) is 12.8. The second kappa shape index (κ2) is 11.0. The Labute approximate surface area is 214 Å². The first-order valence-corrected chi connectivity index (χ1v) is 12.3. The van der Waals surface area contributed by atoms with Gasteiger partial charge in [0.05, 0.1) is 30.3 Å². The number of ether oxygens (including phenoxy) is 1.